The second-order valence-corrected chi connectivity index (χ2v) is 3.79. The maximum absolute atomic E-state index is 11.7. The van der Waals surface area contributed by atoms with Crippen molar-refractivity contribution in [3.63, 3.8) is 0 Å². The van der Waals surface area contributed by atoms with Crippen LogP contribution in [-0.2, 0) is 16.0 Å². The molecule has 16 heavy (non-hydrogen) atoms. The Balaban J connectivity index is 2.41. The molecule has 1 rings (SSSR count). The molecule has 0 aromatic heterocycles. The molecule has 3 heteroatoms. The monoisotopic (exact) mass is 221 g/mol. The molecular weight excluding hydrogens is 202 g/mol. The standard InChI is InChI=1S/C13H19NO2/c1-3-12(10-16-2)14-13(15)9-11-7-5-4-6-8-11/h4-8,12H,3,9-10H2,1-2H3,(H,14,15). The van der Waals surface area contributed by atoms with Crippen LogP contribution in [0.1, 0.15) is 18.9 Å². The fourth-order valence-corrected chi connectivity index (χ4v) is 1.52. The van der Waals surface area contributed by atoms with Crippen molar-refractivity contribution in [2.45, 2.75) is 25.8 Å². The number of rotatable bonds is 6. The molecule has 1 atom stereocenters. The van der Waals surface area contributed by atoms with E-state index in [4.69, 9.17) is 4.74 Å². The number of amides is 1. The molecule has 0 radical (unpaired) electrons. The lowest BCUT2D eigenvalue weighted by molar-refractivity contribution is -0.121. The minimum Gasteiger partial charge on any atom is -0.383 e. The summed E-state index contributed by atoms with van der Waals surface area (Å²) in [6.07, 6.45) is 1.31. The number of nitrogens with one attached hydrogen (secondary N) is 1. The van der Waals surface area contributed by atoms with Gasteiger partial charge in [0.25, 0.3) is 0 Å². The Hall–Kier alpha value is -1.35. The predicted molar refractivity (Wildman–Crippen MR) is 64.2 cm³/mol. The maximum atomic E-state index is 11.7. The molecule has 1 aromatic rings. The first-order valence-electron chi connectivity index (χ1n) is 5.58. The van der Waals surface area contributed by atoms with Crippen molar-refractivity contribution in [3.8, 4) is 0 Å². The molecule has 1 aromatic carbocycles. The van der Waals surface area contributed by atoms with Gasteiger partial charge in [0.15, 0.2) is 0 Å². The Morgan fingerprint density at radius 1 is 1.38 bits per heavy atom. The van der Waals surface area contributed by atoms with Crippen LogP contribution >= 0.6 is 0 Å². The third kappa shape index (κ3) is 4.45. The molecule has 0 saturated heterocycles. The SMILES string of the molecule is CCC(COC)NC(=O)Cc1ccccc1. The maximum Gasteiger partial charge on any atom is 0.224 e. The lowest BCUT2D eigenvalue weighted by atomic mass is 10.1. The fraction of sp³-hybridized carbons (Fsp3) is 0.462. The fourth-order valence-electron chi connectivity index (χ4n) is 1.52. The van der Waals surface area contributed by atoms with Crippen LogP contribution in [0.3, 0.4) is 0 Å². The number of carbonyl (C=O) groups excluding carboxylic acids is 1. The van der Waals surface area contributed by atoms with E-state index in [2.05, 4.69) is 5.32 Å². The topological polar surface area (TPSA) is 38.3 Å². The summed E-state index contributed by atoms with van der Waals surface area (Å²) in [5.41, 5.74) is 1.03. The van der Waals surface area contributed by atoms with Crippen LogP contribution < -0.4 is 5.32 Å². The van der Waals surface area contributed by atoms with Crippen molar-refractivity contribution in [2.24, 2.45) is 0 Å². The van der Waals surface area contributed by atoms with Gasteiger partial charge in [0.1, 0.15) is 0 Å². The molecule has 0 aliphatic heterocycles. The molecule has 0 spiro atoms. The van der Waals surface area contributed by atoms with E-state index in [0.29, 0.717) is 13.0 Å². The average molecular weight is 221 g/mol. The summed E-state index contributed by atoms with van der Waals surface area (Å²) in [6.45, 7) is 2.60. The number of benzene rings is 1. The molecule has 0 heterocycles. The van der Waals surface area contributed by atoms with Gasteiger partial charge in [0, 0.05) is 7.11 Å². The second kappa shape index (κ2) is 7.01. The minimum atomic E-state index is 0.0510. The first-order chi connectivity index (χ1) is 7.76. The molecule has 0 saturated carbocycles. The van der Waals surface area contributed by atoms with E-state index in [9.17, 15) is 4.79 Å². The number of hydrogen-bond donors (Lipinski definition) is 1. The molecule has 3 nitrogen and oxygen atoms in total. The Morgan fingerprint density at radius 3 is 2.62 bits per heavy atom. The predicted octanol–water partition coefficient (Wildman–Crippen LogP) is 1.77. The van der Waals surface area contributed by atoms with E-state index < -0.39 is 0 Å². The summed E-state index contributed by atoms with van der Waals surface area (Å²) in [6, 6.07) is 9.85. The molecule has 0 aliphatic carbocycles. The molecule has 1 amide bonds. The summed E-state index contributed by atoms with van der Waals surface area (Å²) in [5, 5.41) is 2.95. The van der Waals surface area contributed by atoms with E-state index in [1.54, 1.807) is 7.11 Å². The summed E-state index contributed by atoms with van der Waals surface area (Å²) >= 11 is 0. The van der Waals surface area contributed by atoms with E-state index in [1.807, 2.05) is 37.3 Å². The van der Waals surface area contributed by atoms with Crippen molar-refractivity contribution in [3.05, 3.63) is 35.9 Å². The van der Waals surface area contributed by atoms with Gasteiger partial charge in [-0.2, -0.15) is 0 Å². The van der Waals surface area contributed by atoms with Gasteiger partial charge in [-0.15, -0.1) is 0 Å². The van der Waals surface area contributed by atoms with Crippen LogP contribution in [0.2, 0.25) is 0 Å². The van der Waals surface area contributed by atoms with E-state index in [-0.39, 0.29) is 11.9 Å². The number of hydrogen-bond acceptors (Lipinski definition) is 2. The van der Waals surface area contributed by atoms with Gasteiger partial charge in [-0.25, -0.2) is 0 Å². The molecule has 0 fully saturated rings. The highest BCUT2D eigenvalue weighted by atomic mass is 16.5. The first-order valence-corrected chi connectivity index (χ1v) is 5.58. The zero-order valence-electron chi connectivity index (χ0n) is 9.90. The number of methoxy groups -OCH3 is 1. The van der Waals surface area contributed by atoms with Gasteiger partial charge >= 0.3 is 0 Å². The Morgan fingerprint density at radius 2 is 2.06 bits per heavy atom. The van der Waals surface area contributed by atoms with E-state index in [0.717, 1.165) is 12.0 Å². The largest absolute Gasteiger partial charge is 0.383 e. The Labute approximate surface area is 96.8 Å². The lowest BCUT2D eigenvalue weighted by Gasteiger charge is -2.15. The van der Waals surface area contributed by atoms with Gasteiger partial charge in [-0.1, -0.05) is 37.3 Å². The Bertz CT molecular complexity index is 311. The molecule has 1 N–H and O–H groups in total. The summed E-state index contributed by atoms with van der Waals surface area (Å²) < 4.78 is 5.03. The highest BCUT2D eigenvalue weighted by Crippen LogP contribution is 2.00. The van der Waals surface area contributed by atoms with Crippen molar-refractivity contribution in [2.75, 3.05) is 13.7 Å². The number of ether oxygens (including phenoxy) is 1. The van der Waals surface area contributed by atoms with Crippen molar-refractivity contribution < 1.29 is 9.53 Å². The minimum absolute atomic E-state index is 0.0510. The van der Waals surface area contributed by atoms with Crippen molar-refractivity contribution >= 4 is 5.91 Å². The summed E-state index contributed by atoms with van der Waals surface area (Å²) in [5.74, 6) is 0.0510. The van der Waals surface area contributed by atoms with Crippen LogP contribution in [0.25, 0.3) is 0 Å². The molecular formula is C13H19NO2. The molecule has 0 aliphatic rings. The van der Waals surface area contributed by atoms with Crippen molar-refractivity contribution in [1.82, 2.24) is 5.32 Å². The third-order valence-electron chi connectivity index (χ3n) is 2.43. The van der Waals surface area contributed by atoms with Gasteiger partial charge in [0.2, 0.25) is 5.91 Å². The summed E-state index contributed by atoms with van der Waals surface area (Å²) in [4.78, 5) is 11.7. The zero-order chi connectivity index (χ0) is 11.8. The average Bonchev–Trinajstić information content (AvgIpc) is 2.29. The van der Waals surface area contributed by atoms with Crippen LogP contribution in [0.4, 0.5) is 0 Å². The highest BCUT2D eigenvalue weighted by molar-refractivity contribution is 5.78. The van der Waals surface area contributed by atoms with Crippen LogP contribution in [0.15, 0.2) is 30.3 Å². The number of carbonyl (C=O) groups is 1. The normalized spacial score (nSPS) is 12.1. The van der Waals surface area contributed by atoms with Crippen LogP contribution in [0.5, 0.6) is 0 Å². The first kappa shape index (κ1) is 12.7. The van der Waals surface area contributed by atoms with Gasteiger partial charge in [-0.3, -0.25) is 4.79 Å². The molecule has 88 valence electrons. The Kier molecular flexibility index (Phi) is 5.57. The molecule has 0 bridgehead atoms. The van der Waals surface area contributed by atoms with Crippen molar-refractivity contribution in [1.29, 1.82) is 0 Å². The van der Waals surface area contributed by atoms with Gasteiger partial charge in [0.05, 0.1) is 19.1 Å². The summed E-state index contributed by atoms with van der Waals surface area (Å²) in [7, 11) is 1.64. The van der Waals surface area contributed by atoms with Crippen LogP contribution in [-0.4, -0.2) is 25.7 Å². The second-order valence-electron chi connectivity index (χ2n) is 3.79. The zero-order valence-corrected chi connectivity index (χ0v) is 9.90. The third-order valence-corrected chi connectivity index (χ3v) is 2.43. The van der Waals surface area contributed by atoms with Crippen LogP contribution in [0, 0.1) is 0 Å². The lowest BCUT2D eigenvalue weighted by Crippen LogP contribution is -2.38. The van der Waals surface area contributed by atoms with Gasteiger partial charge in [-0.05, 0) is 12.0 Å². The van der Waals surface area contributed by atoms with Gasteiger partial charge < -0.3 is 10.1 Å². The quantitative estimate of drug-likeness (QED) is 0.795. The van der Waals surface area contributed by atoms with E-state index >= 15 is 0 Å². The molecule has 1 unspecified atom stereocenters. The van der Waals surface area contributed by atoms with E-state index in [1.165, 1.54) is 0 Å². The smallest absolute Gasteiger partial charge is 0.224 e. The highest BCUT2D eigenvalue weighted by Gasteiger charge is 2.09.